The van der Waals surface area contributed by atoms with Crippen molar-refractivity contribution in [2.24, 2.45) is 0 Å². The molecule has 2 aromatic carbocycles. The summed E-state index contributed by atoms with van der Waals surface area (Å²) < 4.78 is 42.9. The van der Waals surface area contributed by atoms with E-state index in [9.17, 15) is 0 Å². The lowest BCUT2D eigenvalue weighted by Crippen LogP contribution is -2.11. The van der Waals surface area contributed by atoms with Crippen molar-refractivity contribution in [2.75, 3.05) is 27.8 Å². The van der Waals surface area contributed by atoms with Gasteiger partial charge in [-0.05, 0) is 0 Å². The molecule has 2 heterocycles. The van der Waals surface area contributed by atoms with Crippen LogP contribution >= 0.6 is 0 Å². The average Bonchev–Trinajstić information content (AvgIpc) is 3.29. The monoisotopic (exact) mass is 345 g/mol. The highest BCUT2D eigenvalue weighted by Gasteiger charge is 2.22. The van der Waals surface area contributed by atoms with E-state index in [0.717, 1.165) is 0 Å². The fraction of sp³-hybridized carbons (Fsp3) is 0.250. The Morgan fingerprint density at radius 3 is 1.64 bits per heavy atom. The second-order valence-electron chi connectivity index (χ2n) is 5.05. The predicted octanol–water partition coefficient (Wildman–Crippen LogP) is 2.15. The third-order valence-electron chi connectivity index (χ3n) is 3.63. The summed E-state index contributed by atoms with van der Waals surface area (Å²) in [5.41, 5.74) is 0. The molecule has 0 atom stereocenters. The van der Waals surface area contributed by atoms with E-state index in [0.29, 0.717) is 46.0 Å². The average molecular weight is 345 g/mol. The number of hydrogen-bond donors (Lipinski definition) is 0. The normalized spacial score (nSPS) is 13.4. The van der Waals surface area contributed by atoms with E-state index >= 15 is 0 Å². The van der Waals surface area contributed by atoms with Crippen LogP contribution in [0.3, 0.4) is 0 Å². The first-order valence-corrected chi connectivity index (χ1v) is 7.38. The van der Waals surface area contributed by atoms with E-state index in [1.165, 1.54) is 7.69 Å². The zero-order valence-electron chi connectivity index (χ0n) is 13.6. The van der Waals surface area contributed by atoms with Crippen molar-refractivity contribution in [3.63, 3.8) is 0 Å². The molecule has 2 aliphatic rings. The molecule has 0 aliphatic carbocycles. The third-order valence-corrected chi connectivity index (χ3v) is 3.63. The largest absolute Gasteiger partial charge is 0.658 e. The number of methoxy groups -OCH3 is 2. The van der Waals surface area contributed by atoms with Crippen LogP contribution in [-0.2, 0) is 0 Å². The van der Waals surface area contributed by atoms with Gasteiger partial charge in [0.05, 0.1) is 14.2 Å². The van der Waals surface area contributed by atoms with Gasteiger partial charge < -0.3 is 37.7 Å². The van der Waals surface area contributed by atoms with Crippen LogP contribution in [0.25, 0.3) is 0 Å². The van der Waals surface area contributed by atoms with E-state index in [2.05, 4.69) is 0 Å². The summed E-state index contributed by atoms with van der Waals surface area (Å²) in [6.45, 7) is 0.290. The minimum Gasteiger partial charge on any atom is -0.526 e. The Kier molecular flexibility index (Phi) is 3.97. The summed E-state index contributed by atoms with van der Waals surface area (Å²) in [5.74, 6) is 4.20. The highest BCUT2D eigenvalue weighted by atomic mass is 16.7. The molecule has 2 aromatic rings. The van der Waals surface area contributed by atoms with Gasteiger partial charge in [0, 0.05) is 24.3 Å². The molecule has 0 saturated carbocycles. The predicted molar refractivity (Wildman–Crippen MR) is 85.2 cm³/mol. The fourth-order valence-corrected chi connectivity index (χ4v) is 2.48. The molecular formula is C16H14BO8. The van der Waals surface area contributed by atoms with Crippen molar-refractivity contribution in [2.45, 2.75) is 0 Å². The summed E-state index contributed by atoms with van der Waals surface area (Å²) in [7, 11) is 4.27. The standard InChI is InChI=1S/C16H14BO8/c1-18-11-3-9(5-13-15(11)22-7-20-13)24-17-25-10-4-12(19-2)16-14(6-10)21-8-23-16/h3-6H,7-8H2,1-2H3. The minimum absolute atomic E-state index is 0.145. The summed E-state index contributed by atoms with van der Waals surface area (Å²) in [5, 5.41) is 0. The number of benzene rings is 2. The van der Waals surface area contributed by atoms with Gasteiger partial charge in [0.2, 0.25) is 25.1 Å². The molecule has 0 bridgehead atoms. The molecule has 8 nitrogen and oxygen atoms in total. The first-order chi connectivity index (χ1) is 12.3. The van der Waals surface area contributed by atoms with Crippen LogP contribution in [0.15, 0.2) is 24.3 Å². The lowest BCUT2D eigenvalue weighted by atomic mass is 10.2. The second kappa shape index (κ2) is 6.42. The molecule has 9 heteroatoms. The maximum Gasteiger partial charge on any atom is 0.658 e. The second-order valence-corrected chi connectivity index (χ2v) is 5.05. The van der Waals surface area contributed by atoms with E-state index in [-0.39, 0.29) is 13.6 Å². The van der Waals surface area contributed by atoms with Gasteiger partial charge in [-0.2, -0.15) is 0 Å². The molecule has 1 radical (unpaired) electrons. The Bertz CT molecular complexity index is 729. The first-order valence-electron chi connectivity index (χ1n) is 7.38. The summed E-state index contributed by atoms with van der Waals surface area (Å²) in [4.78, 5) is 0. The third kappa shape index (κ3) is 2.88. The van der Waals surface area contributed by atoms with Crippen molar-refractivity contribution in [1.82, 2.24) is 0 Å². The Balaban J connectivity index is 1.45. The van der Waals surface area contributed by atoms with Gasteiger partial charge in [-0.3, -0.25) is 0 Å². The van der Waals surface area contributed by atoms with Crippen molar-refractivity contribution in [3.8, 4) is 46.0 Å². The highest BCUT2D eigenvalue weighted by molar-refractivity contribution is 6.20. The Morgan fingerprint density at radius 2 is 1.20 bits per heavy atom. The summed E-state index contributed by atoms with van der Waals surface area (Å²) in [6.07, 6.45) is 0. The molecule has 0 amide bonds. The number of fused-ring (bicyclic) bond motifs is 2. The van der Waals surface area contributed by atoms with E-state index in [1.807, 2.05) is 0 Å². The molecule has 0 N–H and O–H groups in total. The lowest BCUT2D eigenvalue weighted by Gasteiger charge is -2.11. The van der Waals surface area contributed by atoms with Crippen LogP contribution in [0.2, 0.25) is 0 Å². The molecular weight excluding hydrogens is 331 g/mol. The smallest absolute Gasteiger partial charge is 0.526 e. The molecule has 129 valence electrons. The van der Waals surface area contributed by atoms with Crippen molar-refractivity contribution in [1.29, 1.82) is 0 Å². The highest BCUT2D eigenvalue weighted by Crippen LogP contribution is 2.45. The minimum atomic E-state index is 0.145. The molecule has 0 spiro atoms. The molecule has 0 saturated heterocycles. The summed E-state index contributed by atoms with van der Waals surface area (Å²) >= 11 is 0. The van der Waals surface area contributed by atoms with Gasteiger partial charge in [0.15, 0.2) is 23.0 Å². The van der Waals surface area contributed by atoms with Gasteiger partial charge in [0.25, 0.3) is 0 Å². The van der Waals surface area contributed by atoms with Crippen LogP contribution in [0, 0.1) is 0 Å². The zero-order valence-corrected chi connectivity index (χ0v) is 13.6. The van der Waals surface area contributed by atoms with Gasteiger partial charge in [0.1, 0.15) is 11.5 Å². The first kappa shape index (κ1) is 15.4. The van der Waals surface area contributed by atoms with Crippen LogP contribution < -0.4 is 37.7 Å². The number of hydrogen-bond acceptors (Lipinski definition) is 8. The van der Waals surface area contributed by atoms with Gasteiger partial charge >= 0.3 is 7.69 Å². The lowest BCUT2D eigenvalue weighted by molar-refractivity contribution is 0.171. The van der Waals surface area contributed by atoms with Gasteiger partial charge in [-0.15, -0.1) is 0 Å². The molecule has 25 heavy (non-hydrogen) atoms. The van der Waals surface area contributed by atoms with Crippen LogP contribution in [0.5, 0.6) is 46.0 Å². The maximum atomic E-state index is 5.49. The van der Waals surface area contributed by atoms with Crippen molar-refractivity contribution < 1.29 is 37.7 Å². The van der Waals surface area contributed by atoms with Gasteiger partial charge in [-0.25, -0.2) is 0 Å². The van der Waals surface area contributed by atoms with Gasteiger partial charge in [-0.1, -0.05) is 0 Å². The summed E-state index contributed by atoms with van der Waals surface area (Å²) in [6, 6.07) is 6.72. The van der Waals surface area contributed by atoms with E-state index in [4.69, 9.17) is 37.7 Å². The van der Waals surface area contributed by atoms with Crippen LogP contribution in [-0.4, -0.2) is 35.5 Å². The van der Waals surface area contributed by atoms with Crippen molar-refractivity contribution in [3.05, 3.63) is 24.3 Å². The molecule has 2 aliphatic heterocycles. The number of rotatable bonds is 6. The molecule has 0 fully saturated rings. The SMILES string of the molecule is COc1cc(O[B]Oc2cc(OC)c3c(c2)OCO3)cc2c1OCO2. The van der Waals surface area contributed by atoms with E-state index in [1.54, 1.807) is 38.5 Å². The number of ether oxygens (including phenoxy) is 6. The quantitative estimate of drug-likeness (QED) is 0.738. The Hall–Kier alpha value is -3.10. The molecule has 4 rings (SSSR count). The topological polar surface area (TPSA) is 73.8 Å². The Labute approximate surface area is 144 Å². The zero-order chi connectivity index (χ0) is 17.2. The maximum absolute atomic E-state index is 5.49. The van der Waals surface area contributed by atoms with Crippen molar-refractivity contribution >= 4 is 7.69 Å². The van der Waals surface area contributed by atoms with Crippen LogP contribution in [0.1, 0.15) is 0 Å². The molecule has 0 unspecified atom stereocenters. The Morgan fingerprint density at radius 1 is 0.720 bits per heavy atom. The van der Waals surface area contributed by atoms with Crippen LogP contribution in [0.4, 0.5) is 0 Å². The van der Waals surface area contributed by atoms with E-state index < -0.39 is 0 Å². The fourth-order valence-electron chi connectivity index (χ4n) is 2.48. The molecule has 0 aromatic heterocycles.